The highest BCUT2D eigenvalue weighted by atomic mass is 16.6. The van der Waals surface area contributed by atoms with Crippen molar-refractivity contribution < 1.29 is 14.6 Å². The molecule has 4 nitrogen and oxygen atoms in total. The highest BCUT2D eigenvalue weighted by molar-refractivity contribution is 5.81. The Bertz CT molecular complexity index is 375. The highest BCUT2D eigenvalue weighted by Crippen LogP contribution is 2.11. The van der Waals surface area contributed by atoms with E-state index in [4.69, 9.17) is 5.11 Å². The van der Waals surface area contributed by atoms with Crippen molar-refractivity contribution in [1.29, 1.82) is 0 Å². The largest absolute Gasteiger partial charge is 0.462 e. The fraction of sp³-hybridized carbons (Fsp3) is 0.182. The molecule has 78 valence electrons. The van der Waals surface area contributed by atoms with Gasteiger partial charge in [-0.15, -0.1) is 0 Å². The molecule has 1 atom stereocenters. The Morgan fingerprint density at radius 2 is 2.07 bits per heavy atom. The van der Waals surface area contributed by atoms with Gasteiger partial charge in [-0.05, 0) is 5.56 Å². The molecule has 0 aromatic heterocycles. The molecule has 0 aliphatic carbocycles. The Kier molecular flexibility index (Phi) is 2.69. The van der Waals surface area contributed by atoms with E-state index in [1.165, 1.54) is 17.4 Å². The van der Waals surface area contributed by atoms with E-state index in [1.807, 2.05) is 30.3 Å². The zero-order chi connectivity index (χ0) is 10.7. The average molecular weight is 205 g/mol. The molecule has 0 fully saturated rings. The highest BCUT2D eigenvalue weighted by Gasteiger charge is 2.24. The maximum atomic E-state index is 11.4. The lowest BCUT2D eigenvalue weighted by Gasteiger charge is -2.24. The van der Waals surface area contributed by atoms with Crippen molar-refractivity contribution in [3.05, 3.63) is 48.4 Å². The second-order valence-electron chi connectivity index (χ2n) is 3.23. The van der Waals surface area contributed by atoms with Crippen LogP contribution in [0.2, 0.25) is 0 Å². The van der Waals surface area contributed by atoms with Gasteiger partial charge in [0, 0.05) is 6.20 Å². The normalized spacial score (nSPS) is 20.2. The molecule has 1 aromatic rings. The number of benzene rings is 1. The van der Waals surface area contributed by atoms with Gasteiger partial charge in [0.05, 0.1) is 6.54 Å². The molecule has 0 bridgehead atoms. The van der Waals surface area contributed by atoms with Gasteiger partial charge in [0.2, 0.25) is 0 Å². The summed E-state index contributed by atoms with van der Waals surface area (Å²) in [6, 6.07) is 9.56. The average Bonchev–Trinajstić information content (AvgIpc) is 2.26. The summed E-state index contributed by atoms with van der Waals surface area (Å²) in [5, 5.41) is 9.16. The maximum absolute atomic E-state index is 11.4. The van der Waals surface area contributed by atoms with Crippen LogP contribution in [0.4, 0.5) is 0 Å². The van der Waals surface area contributed by atoms with Gasteiger partial charge in [0.1, 0.15) is 6.26 Å². The fourth-order valence-electron chi connectivity index (χ4n) is 1.37. The standard InChI is InChI=1S/C11H11NO3/c13-10-11(14)15-7-6-12(10)8-9-4-2-1-3-5-9/h1-7,11,14H,8H2. The maximum Gasteiger partial charge on any atom is 0.296 e. The van der Waals surface area contributed by atoms with E-state index >= 15 is 0 Å². The van der Waals surface area contributed by atoms with Crippen molar-refractivity contribution >= 4 is 5.91 Å². The monoisotopic (exact) mass is 205 g/mol. The Hall–Kier alpha value is -1.81. The molecule has 15 heavy (non-hydrogen) atoms. The van der Waals surface area contributed by atoms with Crippen LogP contribution in [0.3, 0.4) is 0 Å². The molecule has 4 heteroatoms. The van der Waals surface area contributed by atoms with E-state index in [-0.39, 0.29) is 0 Å². The number of amides is 1. The smallest absolute Gasteiger partial charge is 0.296 e. The van der Waals surface area contributed by atoms with Gasteiger partial charge in [0.15, 0.2) is 0 Å². The third kappa shape index (κ3) is 2.16. The zero-order valence-electron chi connectivity index (χ0n) is 8.04. The number of carbonyl (C=O) groups is 1. The van der Waals surface area contributed by atoms with Crippen LogP contribution in [0.1, 0.15) is 5.56 Å². The Balaban J connectivity index is 2.09. The van der Waals surface area contributed by atoms with Crippen LogP contribution in [0.15, 0.2) is 42.8 Å². The van der Waals surface area contributed by atoms with Gasteiger partial charge < -0.3 is 14.7 Å². The van der Waals surface area contributed by atoms with Gasteiger partial charge in [0.25, 0.3) is 12.2 Å². The Morgan fingerprint density at radius 3 is 2.80 bits per heavy atom. The Labute approximate surface area is 87.4 Å². The zero-order valence-corrected chi connectivity index (χ0v) is 8.04. The molecule has 1 amide bonds. The lowest BCUT2D eigenvalue weighted by atomic mass is 10.2. The number of rotatable bonds is 2. The van der Waals surface area contributed by atoms with E-state index < -0.39 is 12.2 Å². The van der Waals surface area contributed by atoms with Gasteiger partial charge in [-0.2, -0.15) is 0 Å². The van der Waals surface area contributed by atoms with E-state index in [1.54, 1.807) is 0 Å². The molecular formula is C11H11NO3. The molecule has 2 rings (SSSR count). The summed E-state index contributed by atoms with van der Waals surface area (Å²) in [4.78, 5) is 12.8. The van der Waals surface area contributed by atoms with Crippen molar-refractivity contribution in [2.24, 2.45) is 0 Å². The summed E-state index contributed by atoms with van der Waals surface area (Å²) in [7, 11) is 0. The lowest BCUT2D eigenvalue weighted by molar-refractivity contribution is -0.162. The Morgan fingerprint density at radius 1 is 1.33 bits per heavy atom. The molecule has 0 radical (unpaired) electrons. The summed E-state index contributed by atoms with van der Waals surface area (Å²) < 4.78 is 4.64. The van der Waals surface area contributed by atoms with Crippen molar-refractivity contribution in [3.63, 3.8) is 0 Å². The van der Waals surface area contributed by atoms with Crippen LogP contribution in [-0.4, -0.2) is 22.2 Å². The molecule has 1 unspecified atom stereocenters. The first-order valence-electron chi connectivity index (χ1n) is 4.62. The minimum Gasteiger partial charge on any atom is -0.462 e. The summed E-state index contributed by atoms with van der Waals surface area (Å²) in [5.41, 5.74) is 1.00. The van der Waals surface area contributed by atoms with Crippen LogP contribution in [0, 0.1) is 0 Å². The first-order valence-corrected chi connectivity index (χ1v) is 4.62. The fourth-order valence-corrected chi connectivity index (χ4v) is 1.37. The lowest BCUT2D eigenvalue weighted by Crippen LogP contribution is -2.38. The molecule has 1 aliphatic rings. The van der Waals surface area contributed by atoms with Crippen LogP contribution in [0.5, 0.6) is 0 Å². The van der Waals surface area contributed by atoms with Gasteiger partial charge >= 0.3 is 0 Å². The van der Waals surface area contributed by atoms with Crippen LogP contribution in [0.25, 0.3) is 0 Å². The van der Waals surface area contributed by atoms with E-state index in [9.17, 15) is 4.79 Å². The van der Waals surface area contributed by atoms with E-state index in [0.29, 0.717) is 6.54 Å². The minimum atomic E-state index is -1.38. The van der Waals surface area contributed by atoms with E-state index in [0.717, 1.165) is 5.56 Å². The first kappa shape index (κ1) is 9.73. The van der Waals surface area contributed by atoms with Crippen molar-refractivity contribution in [1.82, 2.24) is 4.90 Å². The molecule has 1 N–H and O–H groups in total. The van der Waals surface area contributed by atoms with Crippen molar-refractivity contribution in [3.8, 4) is 0 Å². The van der Waals surface area contributed by atoms with Crippen LogP contribution in [-0.2, 0) is 16.1 Å². The summed E-state index contributed by atoms with van der Waals surface area (Å²) in [6.07, 6.45) is 1.45. The summed E-state index contributed by atoms with van der Waals surface area (Å²) >= 11 is 0. The number of hydrogen-bond acceptors (Lipinski definition) is 3. The predicted octanol–water partition coefficient (Wildman–Crippen LogP) is 0.835. The third-order valence-electron chi connectivity index (χ3n) is 2.14. The molecule has 1 heterocycles. The topological polar surface area (TPSA) is 49.8 Å². The quantitative estimate of drug-likeness (QED) is 0.778. The third-order valence-corrected chi connectivity index (χ3v) is 2.14. The van der Waals surface area contributed by atoms with Crippen LogP contribution >= 0.6 is 0 Å². The summed E-state index contributed by atoms with van der Waals surface area (Å²) in [6.45, 7) is 0.441. The number of nitrogens with zero attached hydrogens (tertiary/aromatic N) is 1. The molecular weight excluding hydrogens is 194 g/mol. The number of ether oxygens (including phenoxy) is 1. The minimum absolute atomic E-state index is 0.441. The van der Waals surface area contributed by atoms with Gasteiger partial charge in [-0.1, -0.05) is 30.3 Å². The number of hydrogen-bond donors (Lipinski definition) is 1. The van der Waals surface area contributed by atoms with Crippen LogP contribution < -0.4 is 0 Å². The molecule has 0 saturated carbocycles. The predicted molar refractivity (Wildman–Crippen MR) is 53.2 cm³/mol. The molecule has 0 spiro atoms. The number of aliphatic hydroxyl groups excluding tert-OH is 1. The number of carbonyl (C=O) groups excluding carboxylic acids is 1. The number of aliphatic hydroxyl groups is 1. The van der Waals surface area contributed by atoms with E-state index in [2.05, 4.69) is 4.74 Å². The van der Waals surface area contributed by atoms with Gasteiger partial charge in [-0.3, -0.25) is 4.79 Å². The second kappa shape index (κ2) is 4.14. The van der Waals surface area contributed by atoms with Crippen molar-refractivity contribution in [2.75, 3.05) is 0 Å². The summed E-state index contributed by atoms with van der Waals surface area (Å²) in [5.74, 6) is -0.443. The first-order chi connectivity index (χ1) is 7.27. The molecule has 1 aliphatic heterocycles. The van der Waals surface area contributed by atoms with Gasteiger partial charge in [-0.25, -0.2) is 0 Å². The molecule has 1 aromatic carbocycles. The molecule has 0 saturated heterocycles. The van der Waals surface area contributed by atoms with Crippen molar-refractivity contribution in [2.45, 2.75) is 12.8 Å². The second-order valence-corrected chi connectivity index (χ2v) is 3.23. The SMILES string of the molecule is O=C1C(O)OC=CN1Cc1ccccc1.